The van der Waals surface area contributed by atoms with Gasteiger partial charge in [0.2, 0.25) is 10.0 Å². The lowest BCUT2D eigenvalue weighted by Crippen LogP contribution is -2.10. The van der Waals surface area contributed by atoms with Gasteiger partial charge in [0.05, 0.1) is 28.9 Å². The number of halogens is 1. The molecular formula is C13H17ClN4O2S. The molecule has 1 aromatic heterocycles. The SMILES string of the molecule is Cc1c(CNc2cc(NS(C)(=O)=O)ccc2Cl)cnn1C. The van der Waals surface area contributed by atoms with Crippen LogP contribution in [-0.4, -0.2) is 24.5 Å². The molecule has 0 unspecified atom stereocenters. The maximum absolute atomic E-state index is 11.2. The van der Waals surface area contributed by atoms with E-state index < -0.39 is 10.0 Å². The molecule has 0 radical (unpaired) electrons. The molecular weight excluding hydrogens is 312 g/mol. The van der Waals surface area contributed by atoms with Crippen LogP contribution in [0.5, 0.6) is 0 Å². The fraction of sp³-hybridized carbons (Fsp3) is 0.308. The zero-order valence-electron chi connectivity index (χ0n) is 12.0. The molecule has 0 fully saturated rings. The first kappa shape index (κ1) is 15.7. The third kappa shape index (κ3) is 4.12. The highest BCUT2D eigenvalue weighted by Gasteiger charge is 2.08. The number of rotatable bonds is 5. The van der Waals surface area contributed by atoms with E-state index in [0.29, 0.717) is 22.9 Å². The van der Waals surface area contributed by atoms with E-state index >= 15 is 0 Å². The highest BCUT2D eigenvalue weighted by Crippen LogP contribution is 2.26. The number of hydrogen-bond donors (Lipinski definition) is 2. The van der Waals surface area contributed by atoms with Gasteiger partial charge < -0.3 is 5.32 Å². The van der Waals surface area contributed by atoms with Gasteiger partial charge in [-0.3, -0.25) is 9.40 Å². The van der Waals surface area contributed by atoms with Crippen molar-refractivity contribution in [3.05, 3.63) is 40.7 Å². The van der Waals surface area contributed by atoms with Crippen LogP contribution in [0.1, 0.15) is 11.3 Å². The van der Waals surface area contributed by atoms with Gasteiger partial charge in [-0.2, -0.15) is 5.10 Å². The first-order valence-electron chi connectivity index (χ1n) is 6.25. The molecule has 2 aromatic rings. The average molecular weight is 329 g/mol. The van der Waals surface area contributed by atoms with Crippen LogP contribution in [0.2, 0.25) is 5.02 Å². The normalized spacial score (nSPS) is 11.4. The Morgan fingerprint density at radius 2 is 2.10 bits per heavy atom. The summed E-state index contributed by atoms with van der Waals surface area (Å²) in [5.74, 6) is 0. The number of hydrogen-bond acceptors (Lipinski definition) is 4. The summed E-state index contributed by atoms with van der Waals surface area (Å²) < 4.78 is 26.7. The van der Waals surface area contributed by atoms with Crippen LogP contribution in [0.25, 0.3) is 0 Å². The van der Waals surface area contributed by atoms with Gasteiger partial charge in [-0.05, 0) is 25.1 Å². The standard InChI is InChI=1S/C13H17ClN4O2S/c1-9-10(8-16-18(9)2)7-15-13-6-11(4-5-12(13)14)17-21(3,19)20/h4-6,8,15,17H,7H2,1-3H3. The highest BCUT2D eigenvalue weighted by molar-refractivity contribution is 7.92. The monoisotopic (exact) mass is 328 g/mol. The van der Waals surface area contributed by atoms with E-state index in [1.54, 1.807) is 29.1 Å². The molecule has 1 aromatic carbocycles. The van der Waals surface area contributed by atoms with Crippen LogP contribution in [0.3, 0.4) is 0 Å². The molecule has 8 heteroatoms. The van der Waals surface area contributed by atoms with E-state index in [4.69, 9.17) is 11.6 Å². The molecule has 0 aliphatic heterocycles. The van der Waals surface area contributed by atoms with Gasteiger partial charge in [0.1, 0.15) is 0 Å². The Morgan fingerprint density at radius 1 is 1.38 bits per heavy atom. The van der Waals surface area contributed by atoms with Crippen LogP contribution in [-0.2, 0) is 23.6 Å². The minimum Gasteiger partial charge on any atom is -0.380 e. The van der Waals surface area contributed by atoms with E-state index in [-0.39, 0.29) is 0 Å². The Hall–Kier alpha value is -1.73. The molecule has 114 valence electrons. The number of nitrogens with zero attached hydrogens (tertiary/aromatic N) is 2. The molecule has 0 atom stereocenters. The van der Waals surface area contributed by atoms with Gasteiger partial charge in [-0.25, -0.2) is 8.42 Å². The van der Waals surface area contributed by atoms with Gasteiger partial charge in [0.15, 0.2) is 0 Å². The first-order valence-corrected chi connectivity index (χ1v) is 8.52. The van der Waals surface area contributed by atoms with Crippen LogP contribution in [0.4, 0.5) is 11.4 Å². The Labute approximate surface area is 129 Å². The van der Waals surface area contributed by atoms with Crippen molar-refractivity contribution in [1.29, 1.82) is 0 Å². The summed E-state index contributed by atoms with van der Waals surface area (Å²) in [6.45, 7) is 2.54. The van der Waals surface area contributed by atoms with Crippen molar-refractivity contribution in [3.8, 4) is 0 Å². The molecule has 1 heterocycles. The van der Waals surface area contributed by atoms with Gasteiger partial charge in [-0.15, -0.1) is 0 Å². The van der Waals surface area contributed by atoms with Gasteiger partial charge in [-0.1, -0.05) is 11.6 Å². The number of aromatic nitrogens is 2. The summed E-state index contributed by atoms with van der Waals surface area (Å²) in [5.41, 5.74) is 3.24. The lowest BCUT2D eigenvalue weighted by molar-refractivity contribution is 0.607. The number of aryl methyl sites for hydroxylation is 1. The fourth-order valence-corrected chi connectivity index (χ4v) is 2.59. The van der Waals surface area contributed by atoms with Crippen molar-refractivity contribution in [2.45, 2.75) is 13.5 Å². The predicted octanol–water partition coefficient (Wildman–Crippen LogP) is 2.37. The van der Waals surface area contributed by atoms with Crippen molar-refractivity contribution in [2.24, 2.45) is 7.05 Å². The van der Waals surface area contributed by atoms with E-state index in [2.05, 4.69) is 15.1 Å². The summed E-state index contributed by atoms with van der Waals surface area (Å²) in [4.78, 5) is 0. The number of nitrogens with one attached hydrogen (secondary N) is 2. The van der Waals surface area contributed by atoms with E-state index in [1.165, 1.54) is 0 Å². The van der Waals surface area contributed by atoms with Gasteiger partial charge in [0.25, 0.3) is 0 Å². The quantitative estimate of drug-likeness (QED) is 0.883. The largest absolute Gasteiger partial charge is 0.380 e. The van der Waals surface area contributed by atoms with Crippen LogP contribution < -0.4 is 10.0 Å². The van der Waals surface area contributed by atoms with Gasteiger partial charge >= 0.3 is 0 Å². The zero-order chi connectivity index (χ0) is 15.6. The summed E-state index contributed by atoms with van der Waals surface area (Å²) >= 11 is 6.12. The maximum Gasteiger partial charge on any atom is 0.229 e. The smallest absolute Gasteiger partial charge is 0.229 e. The fourth-order valence-electron chi connectivity index (χ4n) is 1.85. The molecule has 2 rings (SSSR count). The van der Waals surface area contributed by atoms with Crippen molar-refractivity contribution in [1.82, 2.24) is 9.78 Å². The molecule has 0 spiro atoms. The Balaban J connectivity index is 2.16. The van der Waals surface area contributed by atoms with E-state index in [1.807, 2.05) is 14.0 Å². The Kier molecular flexibility index (Phi) is 4.43. The number of benzene rings is 1. The lowest BCUT2D eigenvalue weighted by atomic mass is 10.2. The summed E-state index contributed by atoms with van der Waals surface area (Å²) in [7, 11) is -1.43. The number of sulfonamides is 1. The highest BCUT2D eigenvalue weighted by atomic mass is 35.5. The molecule has 0 saturated heterocycles. The van der Waals surface area contributed by atoms with Crippen molar-refractivity contribution in [3.63, 3.8) is 0 Å². The third-order valence-electron chi connectivity index (χ3n) is 3.08. The second-order valence-corrected chi connectivity index (χ2v) is 6.96. The summed E-state index contributed by atoms with van der Waals surface area (Å²) in [6.07, 6.45) is 2.89. The zero-order valence-corrected chi connectivity index (χ0v) is 13.6. The predicted molar refractivity (Wildman–Crippen MR) is 85.2 cm³/mol. The second kappa shape index (κ2) is 5.95. The van der Waals surface area contributed by atoms with Crippen molar-refractivity contribution >= 4 is 33.0 Å². The number of anilines is 2. The van der Waals surface area contributed by atoms with Crippen molar-refractivity contribution < 1.29 is 8.42 Å². The van der Waals surface area contributed by atoms with E-state index in [9.17, 15) is 8.42 Å². The first-order chi connectivity index (χ1) is 9.76. The molecule has 0 aliphatic carbocycles. The van der Waals surface area contributed by atoms with Crippen LogP contribution in [0.15, 0.2) is 24.4 Å². The molecule has 0 bridgehead atoms. The molecule has 0 aliphatic rings. The van der Waals surface area contributed by atoms with Gasteiger partial charge in [0, 0.05) is 24.8 Å². The average Bonchev–Trinajstić information content (AvgIpc) is 2.69. The second-order valence-electron chi connectivity index (χ2n) is 4.80. The molecule has 2 N–H and O–H groups in total. The summed E-state index contributed by atoms with van der Waals surface area (Å²) in [5, 5.41) is 7.88. The molecule has 0 saturated carbocycles. The van der Waals surface area contributed by atoms with Crippen LogP contribution in [0, 0.1) is 6.92 Å². The third-order valence-corrected chi connectivity index (χ3v) is 4.01. The van der Waals surface area contributed by atoms with Crippen LogP contribution >= 0.6 is 11.6 Å². The topological polar surface area (TPSA) is 76.0 Å². The Morgan fingerprint density at radius 3 is 2.67 bits per heavy atom. The lowest BCUT2D eigenvalue weighted by Gasteiger charge is -2.11. The molecule has 0 amide bonds. The minimum atomic E-state index is -3.31. The van der Waals surface area contributed by atoms with E-state index in [0.717, 1.165) is 17.5 Å². The molecule has 21 heavy (non-hydrogen) atoms. The van der Waals surface area contributed by atoms with Crippen molar-refractivity contribution in [2.75, 3.05) is 16.3 Å². The minimum absolute atomic E-state index is 0.465. The maximum atomic E-state index is 11.2. The molecule has 6 nitrogen and oxygen atoms in total. The summed E-state index contributed by atoms with van der Waals surface area (Å²) in [6, 6.07) is 4.92. The Bertz CT molecular complexity index is 756.